The van der Waals surface area contributed by atoms with Crippen LogP contribution < -0.4 is 14.8 Å². The van der Waals surface area contributed by atoms with E-state index >= 15 is 0 Å². The van der Waals surface area contributed by atoms with Crippen molar-refractivity contribution in [3.8, 4) is 22.8 Å². The molecule has 0 spiro atoms. The number of nitrogens with zero attached hydrogens (tertiary/aromatic N) is 2. The molecule has 8 heteroatoms. The summed E-state index contributed by atoms with van der Waals surface area (Å²) >= 11 is 1.41. The highest BCUT2D eigenvalue weighted by Crippen LogP contribution is 2.36. The number of thiazole rings is 1. The minimum atomic E-state index is -0.371. The molecule has 1 aromatic carbocycles. The second-order valence-corrected chi connectivity index (χ2v) is 5.78. The number of hydrogen-bond acceptors (Lipinski definition) is 6. The Labute approximate surface area is 129 Å². The SMILES string of the molecule is O=C1CNC(=O)N1Cc1nc(-c2ccc3c(c2)OCO3)cs1. The Hall–Kier alpha value is -2.61. The lowest BCUT2D eigenvalue weighted by Gasteiger charge is -2.09. The van der Waals surface area contributed by atoms with E-state index in [0.717, 1.165) is 17.0 Å². The van der Waals surface area contributed by atoms with Gasteiger partial charge in [-0.2, -0.15) is 0 Å². The van der Waals surface area contributed by atoms with Crippen LogP contribution in [0.15, 0.2) is 23.6 Å². The van der Waals surface area contributed by atoms with Gasteiger partial charge in [0.15, 0.2) is 11.5 Å². The molecule has 1 fully saturated rings. The number of carbonyl (C=O) groups is 2. The van der Waals surface area contributed by atoms with E-state index in [1.165, 1.54) is 16.2 Å². The zero-order valence-corrected chi connectivity index (χ0v) is 12.2. The second-order valence-electron chi connectivity index (χ2n) is 4.83. The van der Waals surface area contributed by atoms with Gasteiger partial charge in [-0.05, 0) is 18.2 Å². The Kier molecular flexibility index (Phi) is 2.97. The van der Waals surface area contributed by atoms with Crippen LogP contribution in [0.5, 0.6) is 11.5 Å². The number of ether oxygens (including phenoxy) is 2. The van der Waals surface area contributed by atoms with Crippen LogP contribution in [0.3, 0.4) is 0 Å². The lowest BCUT2D eigenvalue weighted by Crippen LogP contribution is -2.30. The van der Waals surface area contributed by atoms with Gasteiger partial charge in [-0.3, -0.25) is 9.69 Å². The molecule has 2 aliphatic heterocycles. The van der Waals surface area contributed by atoms with Crippen LogP contribution in [0, 0.1) is 0 Å². The van der Waals surface area contributed by atoms with E-state index in [2.05, 4.69) is 10.3 Å². The van der Waals surface area contributed by atoms with Crippen molar-refractivity contribution in [3.63, 3.8) is 0 Å². The summed E-state index contributed by atoms with van der Waals surface area (Å²) < 4.78 is 10.6. The molecule has 0 aliphatic carbocycles. The molecule has 112 valence electrons. The summed E-state index contributed by atoms with van der Waals surface area (Å²) in [5.41, 5.74) is 1.69. The van der Waals surface area contributed by atoms with Crippen molar-refractivity contribution >= 4 is 23.3 Å². The summed E-state index contributed by atoms with van der Waals surface area (Å²) in [7, 11) is 0. The third-order valence-electron chi connectivity index (χ3n) is 3.45. The minimum Gasteiger partial charge on any atom is -0.454 e. The maximum Gasteiger partial charge on any atom is 0.324 e. The van der Waals surface area contributed by atoms with Gasteiger partial charge in [0.05, 0.1) is 18.8 Å². The molecule has 2 aromatic rings. The van der Waals surface area contributed by atoms with Crippen molar-refractivity contribution in [2.75, 3.05) is 13.3 Å². The molecule has 3 heterocycles. The number of carbonyl (C=O) groups excluding carboxylic acids is 2. The molecule has 0 unspecified atom stereocenters. The normalized spacial score (nSPS) is 16.3. The van der Waals surface area contributed by atoms with Crippen LogP contribution in [0.4, 0.5) is 4.79 Å². The molecule has 0 bridgehead atoms. The standard InChI is InChI=1S/C14H11N3O4S/c18-13-4-15-14(19)17(13)5-12-16-9(6-22-12)8-1-2-10-11(3-8)21-7-20-10/h1-3,6H,4-5,7H2,(H,15,19). The van der Waals surface area contributed by atoms with Crippen LogP contribution in [-0.4, -0.2) is 35.2 Å². The number of aromatic nitrogens is 1. The van der Waals surface area contributed by atoms with E-state index in [-0.39, 0.29) is 31.8 Å². The molecule has 2 aliphatic rings. The Morgan fingerprint density at radius 1 is 1.27 bits per heavy atom. The number of urea groups is 1. The van der Waals surface area contributed by atoms with Gasteiger partial charge in [0.25, 0.3) is 0 Å². The molecule has 0 saturated carbocycles. The van der Waals surface area contributed by atoms with Gasteiger partial charge in [-0.15, -0.1) is 11.3 Å². The number of amides is 3. The molecule has 1 aromatic heterocycles. The van der Waals surface area contributed by atoms with E-state index in [1.54, 1.807) is 0 Å². The monoisotopic (exact) mass is 317 g/mol. The van der Waals surface area contributed by atoms with Crippen molar-refractivity contribution in [2.45, 2.75) is 6.54 Å². The third kappa shape index (κ3) is 2.17. The average Bonchev–Trinajstić information content (AvgIpc) is 3.23. The summed E-state index contributed by atoms with van der Waals surface area (Å²) in [6, 6.07) is 5.24. The zero-order valence-electron chi connectivity index (χ0n) is 11.4. The molecule has 7 nitrogen and oxygen atoms in total. The van der Waals surface area contributed by atoms with Gasteiger partial charge in [0.2, 0.25) is 12.7 Å². The zero-order chi connectivity index (χ0) is 15.1. The molecule has 1 saturated heterocycles. The number of benzene rings is 1. The maximum absolute atomic E-state index is 11.6. The van der Waals surface area contributed by atoms with Crippen molar-refractivity contribution in [1.82, 2.24) is 15.2 Å². The predicted molar refractivity (Wildman–Crippen MR) is 77.6 cm³/mol. The number of nitrogens with one attached hydrogen (secondary N) is 1. The van der Waals surface area contributed by atoms with Crippen molar-refractivity contribution < 1.29 is 19.1 Å². The van der Waals surface area contributed by atoms with Crippen molar-refractivity contribution in [1.29, 1.82) is 0 Å². The van der Waals surface area contributed by atoms with E-state index < -0.39 is 0 Å². The van der Waals surface area contributed by atoms with E-state index in [0.29, 0.717) is 10.8 Å². The van der Waals surface area contributed by atoms with Crippen LogP contribution in [0.25, 0.3) is 11.3 Å². The Morgan fingerprint density at radius 3 is 2.95 bits per heavy atom. The fourth-order valence-corrected chi connectivity index (χ4v) is 3.11. The first-order chi connectivity index (χ1) is 10.7. The van der Waals surface area contributed by atoms with Gasteiger partial charge < -0.3 is 14.8 Å². The highest BCUT2D eigenvalue weighted by Gasteiger charge is 2.29. The van der Waals surface area contributed by atoms with Crippen LogP contribution in [0.2, 0.25) is 0 Å². The van der Waals surface area contributed by atoms with Gasteiger partial charge >= 0.3 is 6.03 Å². The van der Waals surface area contributed by atoms with Crippen LogP contribution in [0.1, 0.15) is 5.01 Å². The topological polar surface area (TPSA) is 80.8 Å². The van der Waals surface area contributed by atoms with Gasteiger partial charge in [0.1, 0.15) is 5.01 Å². The number of fused-ring (bicyclic) bond motifs is 1. The summed E-state index contributed by atoms with van der Waals surface area (Å²) in [6.07, 6.45) is 0. The Balaban J connectivity index is 1.56. The largest absolute Gasteiger partial charge is 0.454 e. The summed E-state index contributed by atoms with van der Waals surface area (Å²) in [5.74, 6) is 1.18. The number of rotatable bonds is 3. The number of imide groups is 1. The van der Waals surface area contributed by atoms with Gasteiger partial charge in [0, 0.05) is 10.9 Å². The lowest BCUT2D eigenvalue weighted by atomic mass is 10.1. The molecular weight excluding hydrogens is 306 g/mol. The van der Waals surface area contributed by atoms with Crippen LogP contribution >= 0.6 is 11.3 Å². The first-order valence-electron chi connectivity index (χ1n) is 6.63. The first kappa shape index (κ1) is 13.1. The maximum atomic E-state index is 11.6. The average molecular weight is 317 g/mol. The highest BCUT2D eigenvalue weighted by molar-refractivity contribution is 7.09. The molecule has 22 heavy (non-hydrogen) atoms. The van der Waals surface area contributed by atoms with E-state index in [4.69, 9.17) is 9.47 Å². The molecule has 4 rings (SSSR count). The molecule has 3 amide bonds. The first-order valence-corrected chi connectivity index (χ1v) is 7.51. The molecular formula is C14H11N3O4S. The Bertz CT molecular complexity index is 757. The van der Waals surface area contributed by atoms with Crippen molar-refractivity contribution in [2.24, 2.45) is 0 Å². The number of hydrogen-bond donors (Lipinski definition) is 1. The summed E-state index contributed by atoms with van der Waals surface area (Å²) in [5, 5.41) is 5.09. The fourth-order valence-electron chi connectivity index (χ4n) is 2.32. The molecule has 1 N–H and O–H groups in total. The van der Waals surface area contributed by atoms with E-state index in [1.807, 2.05) is 23.6 Å². The minimum absolute atomic E-state index is 0.0548. The van der Waals surface area contributed by atoms with Crippen molar-refractivity contribution in [3.05, 3.63) is 28.6 Å². The smallest absolute Gasteiger partial charge is 0.324 e. The highest BCUT2D eigenvalue weighted by atomic mass is 32.1. The molecule has 0 radical (unpaired) electrons. The van der Waals surface area contributed by atoms with Gasteiger partial charge in [-0.25, -0.2) is 9.78 Å². The fraction of sp³-hybridized carbons (Fsp3) is 0.214. The second kappa shape index (κ2) is 4.99. The van der Waals surface area contributed by atoms with Crippen LogP contribution in [-0.2, 0) is 11.3 Å². The third-order valence-corrected chi connectivity index (χ3v) is 4.28. The van der Waals surface area contributed by atoms with Gasteiger partial charge in [-0.1, -0.05) is 0 Å². The molecule has 0 atom stereocenters. The quantitative estimate of drug-likeness (QED) is 0.870. The predicted octanol–water partition coefficient (Wildman–Crippen LogP) is 1.59. The summed E-state index contributed by atoms with van der Waals surface area (Å²) in [6.45, 7) is 0.479. The van der Waals surface area contributed by atoms with E-state index in [9.17, 15) is 9.59 Å². The summed E-state index contributed by atoms with van der Waals surface area (Å²) in [4.78, 5) is 28.8. The lowest BCUT2D eigenvalue weighted by molar-refractivity contribution is -0.125. The Morgan fingerprint density at radius 2 is 2.14 bits per heavy atom.